The Balaban J connectivity index is 1.77. The molecule has 1 aromatic rings. The van der Waals surface area contributed by atoms with Crippen LogP contribution in [-0.2, 0) is 0 Å². The van der Waals surface area contributed by atoms with Crippen LogP contribution in [0.5, 0.6) is 0 Å². The maximum atomic E-state index is 14.5. The van der Waals surface area contributed by atoms with Crippen molar-refractivity contribution in [2.75, 3.05) is 19.6 Å². The molecule has 3 nitrogen and oxygen atoms in total. The van der Waals surface area contributed by atoms with Gasteiger partial charge in [-0.3, -0.25) is 4.79 Å². The summed E-state index contributed by atoms with van der Waals surface area (Å²) in [5, 5.41) is 3.30. The Kier molecular flexibility index (Phi) is 4.77. The largest absolute Gasteiger partial charge is 0.336 e. The van der Waals surface area contributed by atoms with Crippen LogP contribution in [0.25, 0.3) is 0 Å². The number of likely N-dealkylation sites (tertiary alicyclic amines) is 1. The van der Waals surface area contributed by atoms with Crippen LogP contribution in [0.15, 0.2) is 18.2 Å². The molecule has 1 atom stereocenters. The number of piperidine rings is 2. The predicted octanol–water partition coefficient (Wildman–Crippen LogP) is 3.31. The van der Waals surface area contributed by atoms with Crippen molar-refractivity contribution < 1.29 is 9.18 Å². The summed E-state index contributed by atoms with van der Waals surface area (Å²) in [7, 11) is 0. The summed E-state index contributed by atoms with van der Waals surface area (Å²) in [6.45, 7) is 4.75. The number of halogens is 1. The summed E-state index contributed by atoms with van der Waals surface area (Å²) < 4.78 is 14.5. The van der Waals surface area contributed by atoms with Crippen LogP contribution in [0.4, 0.5) is 4.39 Å². The van der Waals surface area contributed by atoms with Gasteiger partial charge in [0, 0.05) is 18.2 Å². The topological polar surface area (TPSA) is 32.3 Å². The third-order valence-electron chi connectivity index (χ3n) is 5.09. The van der Waals surface area contributed by atoms with Crippen LogP contribution in [0, 0.1) is 5.82 Å². The molecule has 1 amide bonds. The van der Waals surface area contributed by atoms with Crippen molar-refractivity contribution in [1.82, 2.24) is 10.2 Å². The van der Waals surface area contributed by atoms with Gasteiger partial charge in [0.05, 0.1) is 0 Å². The standard InChI is InChI=1S/C18H25FN2O/c1-13-4-2-3-11-21(13)18(22)15-5-6-16(17(19)12-15)14-7-9-20-10-8-14/h5-6,12-14,20H,2-4,7-11H2,1H3. The maximum absolute atomic E-state index is 14.5. The zero-order valence-corrected chi connectivity index (χ0v) is 13.3. The van der Waals surface area contributed by atoms with E-state index in [0.717, 1.165) is 50.9 Å². The maximum Gasteiger partial charge on any atom is 0.254 e. The minimum Gasteiger partial charge on any atom is -0.336 e. The molecule has 0 aliphatic carbocycles. The van der Waals surface area contributed by atoms with Crippen molar-refractivity contribution in [2.24, 2.45) is 0 Å². The first-order chi connectivity index (χ1) is 10.7. The molecule has 2 saturated heterocycles. The second kappa shape index (κ2) is 6.78. The van der Waals surface area contributed by atoms with E-state index in [1.54, 1.807) is 0 Å². The van der Waals surface area contributed by atoms with Gasteiger partial charge in [-0.2, -0.15) is 0 Å². The predicted molar refractivity (Wildman–Crippen MR) is 85.6 cm³/mol. The number of carbonyl (C=O) groups is 1. The van der Waals surface area contributed by atoms with E-state index in [-0.39, 0.29) is 23.7 Å². The quantitative estimate of drug-likeness (QED) is 0.909. The highest BCUT2D eigenvalue weighted by atomic mass is 19.1. The van der Waals surface area contributed by atoms with Crippen molar-refractivity contribution in [3.63, 3.8) is 0 Å². The first kappa shape index (κ1) is 15.5. The van der Waals surface area contributed by atoms with Gasteiger partial charge < -0.3 is 10.2 Å². The molecule has 2 aliphatic heterocycles. The summed E-state index contributed by atoms with van der Waals surface area (Å²) in [6, 6.07) is 5.34. The molecule has 0 saturated carbocycles. The fourth-order valence-electron chi connectivity index (χ4n) is 3.69. The van der Waals surface area contributed by atoms with Gasteiger partial charge in [-0.1, -0.05) is 6.07 Å². The second-order valence-corrected chi connectivity index (χ2v) is 6.60. The van der Waals surface area contributed by atoms with E-state index in [0.29, 0.717) is 5.56 Å². The Hall–Kier alpha value is -1.42. The number of hydrogen-bond donors (Lipinski definition) is 1. The highest BCUT2D eigenvalue weighted by molar-refractivity contribution is 5.94. The van der Waals surface area contributed by atoms with E-state index in [1.165, 1.54) is 12.5 Å². The third kappa shape index (κ3) is 3.17. The van der Waals surface area contributed by atoms with Gasteiger partial charge in [0.2, 0.25) is 0 Å². The fraction of sp³-hybridized carbons (Fsp3) is 0.611. The van der Waals surface area contributed by atoms with Gasteiger partial charge >= 0.3 is 0 Å². The van der Waals surface area contributed by atoms with E-state index >= 15 is 0 Å². The Morgan fingerprint density at radius 1 is 1.23 bits per heavy atom. The van der Waals surface area contributed by atoms with E-state index in [1.807, 2.05) is 17.0 Å². The Morgan fingerprint density at radius 2 is 2.00 bits per heavy atom. The molecule has 3 rings (SSSR count). The smallest absolute Gasteiger partial charge is 0.254 e. The number of nitrogens with one attached hydrogen (secondary N) is 1. The van der Waals surface area contributed by atoms with Gasteiger partial charge in [-0.15, -0.1) is 0 Å². The summed E-state index contributed by atoms with van der Waals surface area (Å²) >= 11 is 0. The first-order valence-corrected chi connectivity index (χ1v) is 8.48. The molecule has 2 fully saturated rings. The number of rotatable bonds is 2. The Morgan fingerprint density at radius 3 is 2.68 bits per heavy atom. The van der Waals surface area contributed by atoms with Gasteiger partial charge in [-0.05, 0) is 75.7 Å². The highest BCUT2D eigenvalue weighted by Crippen LogP contribution is 2.28. The summed E-state index contributed by atoms with van der Waals surface area (Å²) in [5.74, 6) is 0.0321. The monoisotopic (exact) mass is 304 g/mol. The highest BCUT2D eigenvalue weighted by Gasteiger charge is 2.25. The lowest BCUT2D eigenvalue weighted by molar-refractivity contribution is 0.0635. The van der Waals surface area contributed by atoms with Crippen molar-refractivity contribution in [3.8, 4) is 0 Å². The molecular weight excluding hydrogens is 279 g/mol. The van der Waals surface area contributed by atoms with E-state index in [4.69, 9.17) is 0 Å². The minimum atomic E-state index is -0.220. The van der Waals surface area contributed by atoms with Crippen LogP contribution in [0.1, 0.15) is 60.9 Å². The van der Waals surface area contributed by atoms with Crippen molar-refractivity contribution in [2.45, 2.75) is 51.0 Å². The molecule has 0 spiro atoms. The van der Waals surface area contributed by atoms with Crippen LogP contribution in [0.2, 0.25) is 0 Å². The SMILES string of the molecule is CC1CCCCN1C(=O)c1ccc(C2CCNCC2)c(F)c1. The lowest BCUT2D eigenvalue weighted by Crippen LogP contribution is -2.42. The van der Waals surface area contributed by atoms with E-state index in [2.05, 4.69) is 12.2 Å². The molecule has 120 valence electrons. The average Bonchev–Trinajstić information content (AvgIpc) is 2.55. The third-order valence-corrected chi connectivity index (χ3v) is 5.09. The summed E-state index contributed by atoms with van der Waals surface area (Å²) in [6.07, 6.45) is 5.20. The number of benzene rings is 1. The van der Waals surface area contributed by atoms with Crippen molar-refractivity contribution >= 4 is 5.91 Å². The minimum absolute atomic E-state index is 0.0250. The lowest BCUT2D eigenvalue weighted by Gasteiger charge is -2.33. The molecule has 22 heavy (non-hydrogen) atoms. The van der Waals surface area contributed by atoms with Gasteiger partial charge in [-0.25, -0.2) is 4.39 Å². The van der Waals surface area contributed by atoms with Gasteiger partial charge in [0.15, 0.2) is 0 Å². The fourth-order valence-corrected chi connectivity index (χ4v) is 3.69. The van der Waals surface area contributed by atoms with Gasteiger partial charge in [0.1, 0.15) is 5.82 Å². The molecule has 1 unspecified atom stereocenters. The molecule has 1 N–H and O–H groups in total. The van der Waals surface area contributed by atoms with E-state index in [9.17, 15) is 9.18 Å². The normalized spacial score (nSPS) is 23.5. The number of amides is 1. The average molecular weight is 304 g/mol. The Bertz CT molecular complexity index is 540. The summed E-state index contributed by atoms with van der Waals surface area (Å²) in [4.78, 5) is 14.5. The zero-order chi connectivity index (χ0) is 15.5. The van der Waals surface area contributed by atoms with Crippen molar-refractivity contribution in [3.05, 3.63) is 35.1 Å². The molecular formula is C18H25FN2O. The molecule has 0 bridgehead atoms. The molecule has 0 aromatic heterocycles. The number of hydrogen-bond acceptors (Lipinski definition) is 2. The Labute approximate surface area is 131 Å². The molecule has 0 radical (unpaired) electrons. The van der Waals surface area contributed by atoms with Crippen LogP contribution >= 0.6 is 0 Å². The van der Waals surface area contributed by atoms with E-state index < -0.39 is 0 Å². The van der Waals surface area contributed by atoms with Gasteiger partial charge in [0.25, 0.3) is 5.91 Å². The summed E-state index contributed by atoms with van der Waals surface area (Å²) in [5.41, 5.74) is 1.26. The van der Waals surface area contributed by atoms with Crippen LogP contribution in [0.3, 0.4) is 0 Å². The molecule has 1 aromatic carbocycles. The molecule has 2 heterocycles. The van der Waals surface area contributed by atoms with Crippen molar-refractivity contribution in [1.29, 1.82) is 0 Å². The first-order valence-electron chi connectivity index (χ1n) is 8.48. The second-order valence-electron chi connectivity index (χ2n) is 6.60. The zero-order valence-electron chi connectivity index (χ0n) is 13.3. The molecule has 2 aliphatic rings. The molecule has 4 heteroatoms. The lowest BCUT2D eigenvalue weighted by atomic mass is 9.89. The van der Waals surface area contributed by atoms with Crippen LogP contribution < -0.4 is 5.32 Å². The van der Waals surface area contributed by atoms with Crippen LogP contribution in [-0.4, -0.2) is 36.5 Å². The number of nitrogens with zero attached hydrogens (tertiary/aromatic N) is 1. The number of carbonyl (C=O) groups excluding carboxylic acids is 1.